The van der Waals surface area contributed by atoms with Crippen molar-refractivity contribution in [3.8, 4) is 0 Å². The van der Waals surface area contributed by atoms with Crippen LogP contribution in [-0.2, 0) is 21.2 Å². The van der Waals surface area contributed by atoms with E-state index in [9.17, 15) is 13.2 Å². The lowest BCUT2D eigenvalue weighted by Gasteiger charge is -2.24. The number of aryl methyl sites for hydroxylation is 1. The summed E-state index contributed by atoms with van der Waals surface area (Å²) >= 11 is 0. The van der Waals surface area contributed by atoms with E-state index >= 15 is 0 Å². The third-order valence-electron chi connectivity index (χ3n) is 4.78. The first-order valence-corrected chi connectivity index (χ1v) is 11.5. The summed E-state index contributed by atoms with van der Waals surface area (Å²) in [6.07, 6.45) is 2.72. The van der Waals surface area contributed by atoms with Gasteiger partial charge in [0.15, 0.2) is 0 Å². The zero-order valence-electron chi connectivity index (χ0n) is 16.9. The molecule has 2 aromatic rings. The number of benzene rings is 2. The van der Waals surface area contributed by atoms with Crippen molar-refractivity contribution in [2.24, 2.45) is 0 Å². The molecule has 0 saturated heterocycles. The van der Waals surface area contributed by atoms with Crippen molar-refractivity contribution in [1.29, 1.82) is 0 Å². The van der Waals surface area contributed by atoms with Gasteiger partial charge in [-0.05, 0) is 36.0 Å². The van der Waals surface area contributed by atoms with Gasteiger partial charge in [-0.25, -0.2) is 8.42 Å². The van der Waals surface area contributed by atoms with Crippen LogP contribution in [0.25, 0.3) is 0 Å². The molecule has 152 valence electrons. The van der Waals surface area contributed by atoms with Crippen LogP contribution < -0.4 is 9.62 Å². The maximum atomic E-state index is 12.3. The molecule has 0 heterocycles. The minimum Gasteiger partial charge on any atom is -0.356 e. The summed E-state index contributed by atoms with van der Waals surface area (Å²) in [5.74, 6) is 0.175. The van der Waals surface area contributed by atoms with E-state index in [0.29, 0.717) is 25.1 Å². The molecule has 0 aliphatic heterocycles. The molecule has 28 heavy (non-hydrogen) atoms. The first-order chi connectivity index (χ1) is 13.3. The number of carbonyl (C=O) groups excluding carboxylic acids is 1. The molecule has 0 radical (unpaired) electrons. The Morgan fingerprint density at radius 1 is 1.07 bits per heavy atom. The highest BCUT2D eigenvalue weighted by molar-refractivity contribution is 7.92. The third-order valence-corrected chi connectivity index (χ3v) is 5.96. The lowest BCUT2D eigenvalue weighted by atomic mass is 10.0. The molecule has 1 atom stereocenters. The molecule has 1 unspecified atom stereocenters. The quantitative estimate of drug-likeness (QED) is 0.659. The second-order valence-corrected chi connectivity index (χ2v) is 8.94. The van der Waals surface area contributed by atoms with E-state index in [0.717, 1.165) is 12.0 Å². The van der Waals surface area contributed by atoms with Crippen LogP contribution in [0.15, 0.2) is 54.6 Å². The van der Waals surface area contributed by atoms with Crippen LogP contribution in [0.3, 0.4) is 0 Å². The van der Waals surface area contributed by atoms with Gasteiger partial charge in [0.25, 0.3) is 0 Å². The molecule has 0 aromatic heterocycles. The number of anilines is 1. The molecule has 0 fully saturated rings. The number of sulfonamides is 1. The summed E-state index contributed by atoms with van der Waals surface area (Å²) < 4.78 is 26.0. The van der Waals surface area contributed by atoms with Gasteiger partial charge in [-0.2, -0.15) is 0 Å². The molecule has 0 spiro atoms. The third kappa shape index (κ3) is 6.37. The van der Waals surface area contributed by atoms with Gasteiger partial charge in [-0.1, -0.05) is 62.4 Å². The maximum absolute atomic E-state index is 12.3. The minimum absolute atomic E-state index is 0.0555. The Balaban J connectivity index is 1.89. The number of para-hydroxylation sites is 1. The molecule has 6 heteroatoms. The van der Waals surface area contributed by atoms with Crippen LogP contribution in [0.5, 0.6) is 0 Å². The fourth-order valence-corrected chi connectivity index (χ4v) is 4.15. The summed E-state index contributed by atoms with van der Waals surface area (Å²) in [6, 6.07) is 17.5. The lowest BCUT2D eigenvalue weighted by molar-refractivity contribution is -0.121. The highest BCUT2D eigenvalue weighted by Crippen LogP contribution is 2.24. The second kappa shape index (κ2) is 10.3. The van der Waals surface area contributed by atoms with Gasteiger partial charge in [0.05, 0.1) is 11.9 Å². The van der Waals surface area contributed by atoms with Crippen molar-refractivity contribution in [3.63, 3.8) is 0 Å². The normalized spacial score (nSPS) is 12.4. The topological polar surface area (TPSA) is 66.5 Å². The van der Waals surface area contributed by atoms with Gasteiger partial charge < -0.3 is 5.32 Å². The van der Waals surface area contributed by atoms with E-state index in [4.69, 9.17) is 0 Å². The number of hydrogen-bond acceptors (Lipinski definition) is 3. The Morgan fingerprint density at radius 2 is 1.71 bits per heavy atom. The van der Waals surface area contributed by atoms with Crippen LogP contribution in [0.1, 0.15) is 43.7 Å². The number of rotatable bonds is 10. The summed E-state index contributed by atoms with van der Waals surface area (Å²) in [6.45, 7) is 4.93. The fourth-order valence-electron chi connectivity index (χ4n) is 3.16. The molecule has 1 amide bonds. The summed E-state index contributed by atoms with van der Waals surface area (Å²) in [4.78, 5) is 12.2. The Hall–Kier alpha value is -2.34. The fraction of sp³-hybridized carbons (Fsp3) is 0.409. The highest BCUT2D eigenvalue weighted by Gasteiger charge is 2.19. The molecule has 0 aliphatic carbocycles. The van der Waals surface area contributed by atoms with E-state index in [1.165, 1.54) is 16.1 Å². The first kappa shape index (κ1) is 22.0. The average molecular weight is 403 g/mol. The van der Waals surface area contributed by atoms with Gasteiger partial charge in [0.1, 0.15) is 0 Å². The molecule has 2 rings (SSSR count). The van der Waals surface area contributed by atoms with Gasteiger partial charge >= 0.3 is 0 Å². The monoisotopic (exact) mass is 402 g/mol. The Labute approximate surface area is 168 Å². The molecule has 2 aromatic carbocycles. The zero-order valence-corrected chi connectivity index (χ0v) is 17.7. The van der Waals surface area contributed by atoms with Crippen molar-refractivity contribution in [2.75, 3.05) is 23.7 Å². The zero-order chi connectivity index (χ0) is 20.6. The number of nitrogens with one attached hydrogen (secondary N) is 1. The van der Waals surface area contributed by atoms with Crippen LogP contribution in [0.4, 0.5) is 5.69 Å². The summed E-state index contributed by atoms with van der Waals surface area (Å²) in [7, 11) is -3.41. The molecule has 5 nitrogen and oxygen atoms in total. The van der Waals surface area contributed by atoms with Gasteiger partial charge in [0.2, 0.25) is 15.9 Å². The molecule has 0 bridgehead atoms. The van der Waals surface area contributed by atoms with Crippen LogP contribution in [-0.4, -0.2) is 33.7 Å². The van der Waals surface area contributed by atoms with Gasteiger partial charge in [0, 0.05) is 19.5 Å². The van der Waals surface area contributed by atoms with Crippen molar-refractivity contribution >= 4 is 21.6 Å². The number of hydrogen-bond donors (Lipinski definition) is 1. The SMILES string of the molecule is CCc1ccccc1N(CCCC(=O)NCC(C)c1ccccc1)S(C)(=O)=O. The van der Waals surface area contributed by atoms with Gasteiger partial charge in [-0.15, -0.1) is 0 Å². The van der Waals surface area contributed by atoms with E-state index < -0.39 is 10.0 Å². The largest absolute Gasteiger partial charge is 0.356 e. The second-order valence-electron chi connectivity index (χ2n) is 7.04. The molecular weight excluding hydrogens is 372 g/mol. The van der Waals surface area contributed by atoms with E-state index in [1.807, 2.05) is 61.5 Å². The predicted octanol–water partition coefficient (Wildman–Crippen LogP) is 3.72. The highest BCUT2D eigenvalue weighted by atomic mass is 32.2. The number of carbonyl (C=O) groups is 1. The number of nitrogens with zero attached hydrogens (tertiary/aromatic N) is 1. The lowest BCUT2D eigenvalue weighted by Crippen LogP contribution is -2.33. The van der Waals surface area contributed by atoms with Gasteiger partial charge in [-0.3, -0.25) is 9.10 Å². The van der Waals surface area contributed by atoms with E-state index in [2.05, 4.69) is 12.2 Å². The Kier molecular flexibility index (Phi) is 8.05. The summed E-state index contributed by atoms with van der Waals surface area (Å²) in [5.41, 5.74) is 2.86. The Morgan fingerprint density at radius 3 is 2.36 bits per heavy atom. The van der Waals surface area contributed by atoms with Crippen molar-refractivity contribution in [3.05, 3.63) is 65.7 Å². The molecule has 0 aliphatic rings. The van der Waals surface area contributed by atoms with Crippen molar-refractivity contribution < 1.29 is 13.2 Å². The average Bonchev–Trinajstić information content (AvgIpc) is 2.69. The standard InChI is InChI=1S/C22H30N2O3S/c1-4-19-11-8-9-14-21(19)24(28(3,26)27)16-10-15-22(25)23-17-18(2)20-12-6-5-7-13-20/h5-9,11-14,18H,4,10,15-17H2,1-3H3,(H,23,25). The van der Waals surface area contributed by atoms with Crippen LogP contribution >= 0.6 is 0 Å². The van der Waals surface area contributed by atoms with Crippen molar-refractivity contribution in [2.45, 2.75) is 39.0 Å². The minimum atomic E-state index is -3.41. The summed E-state index contributed by atoms with van der Waals surface area (Å²) in [5, 5.41) is 2.95. The number of amides is 1. The van der Waals surface area contributed by atoms with E-state index in [-0.39, 0.29) is 18.4 Å². The smallest absolute Gasteiger partial charge is 0.232 e. The van der Waals surface area contributed by atoms with E-state index in [1.54, 1.807) is 0 Å². The molecular formula is C22H30N2O3S. The maximum Gasteiger partial charge on any atom is 0.232 e. The predicted molar refractivity (Wildman–Crippen MR) is 115 cm³/mol. The molecule has 0 saturated carbocycles. The van der Waals surface area contributed by atoms with Crippen LogP contribution in [0, 0.1) is 0 Å². The Bertz CT molecular complexity index is 866. The molecule has 1 N–H and O–H groups in total. The van der Waals surface area contributed by atoms with Crippen LogP contribution in [0.2, 0.25) is 0 Å². The van der Waals surface area contributed by atoms with Crippen molar-refractivity contribution in [1.82, 2.24) is 5.32 Å². The first-order valence-electron chi connectivity index (χ1n) is 9.70.